The van der Waals surface area contributed by atoms with E-state index in [0.717, 1.165) is 5.56 Å². The molecule has 7 nitrogen and oxygen atoms in total. The first kappa shape index (κ1) is 19.8. The summed E-state index contributed by atoms with van der Waals surface area (Å²) in [5.74, 6) is -0.359. The van der Waals surface area contributed by atoms with Crippen molar-refractivity contribution in [1.29, 1.82) is 0 Å². The van der Waals surface area contributed by atoms with Crippen molar-refractivity contribution in [1.82, 2.24) is 10.6 Å². The molecule has 0 saturated heterocycles. The molecule has 1 heterocycles. The highest BCUT2D eigenvalue weighted by Gasteiger charge is 2.31. The Morgan fingerprint density at radius 2 is 1.96 bits per heavy atom. The summed E-state index contributed by atoms with van der Waals surface area (Å²) in [7, 11) is 0. The molecule has 0 unspecified atom stereocenters. The largest absolute Gasteiger partial charge is 0.351 e. The van der Waals surface area contributed by atoms with Crippen molar-refractivity contribution in [2.24, 2.45) is 0 Å². The number of carbonyl (C=O) groups excluding carboxylic acids is 1. The molecule has 0 bridgehead atoms. The van der Waals surface area contributed by atoms with E-state index in [1.165, 1.54) is 12.1 Å². The van der Waals surface area contributed by atoms with Gasteiger partial charge in [0.05, 0.1) is 16.5 Å². The number of nitro groups is 1. The summed E-state index contributed by atoms with van der Waals surface area (Å²) in [6.45, 7) is 3.54. The van der Waals surface area contributed by atoms with Gasteiger partial charge in [-0.1, -0.05) is 29.8 Å². The molecule has 1 aliphatic heterocycles. The third-order valence-electron chi connectivity index (χ3n) is 4.44. The van der Waals surface area contributed by atoms with Crippen LogP contribution in [0.4, 0.5) is 11.4 Å². The molecule has 1 amide bonds. The zero-order valence-electron chi connectivity index (χ0n) is 15.1. The molecule has 9 heteroatoms. The Balaban J connectivity index is 2.00. The van der Waals surface area contributed by atoms with Crippen LogP contribution in [0.3, 0.4) is 0 Å². The number of nitro benzene ring substituents is 1. The number of thiocarbonyl (C=S) groups is 1. The van der Waals surface area contributed by atoms with Crippen LogP contribution in [-0.2, 0) is 4.79 Å². The fourth-order valence-electron chi connectivity index (χ4n) is 3.00. The fourth-order valence-corrected chi connectivity index (χ4v) is 3.44. The molecule has 3 N–H and O–H groups in total. The van der Waals surface area contributed by atoms with Crippen LogP contribution >= 0.6 is 23.8 Å². The lowest BCUT2D eigenvalue weighted by Gasteiger charge is -2.30. The topological polar surface area (TPSA) is 96.3 Å². The first-order valence-corrected chi connectivity index (χ1v) is 9.15. The van der Waals surface area contributed by atoms with Gasteiger partial charge in [-0.2, -0.15) is 0 Å². The van der Waals surface area contributed by atoms with Crippen molar-refractivity contribution >= 4 is 46.2 Å². The van der Waals surface area contributed by atoms with Crippen LogP contribution in [0.15, 0.2) is 53.7 Å². The predicted molar refractivity (Wildman–Crippen MR) is 112 cm³/mol. The summed E-state index contributed by atoms with van der Waals surface area (Å²) in [6, 6.07) is 10.7. The summed E-state index contributed by atoms with van der Waals surface area (Å²) in [6.07, 6.45) is 0. The van der Waals surface area contributed by atoms with Crippen LogP contribution in [0.2, 0.25) is 5.02 Å². The first-order chi connectivity index (χ1) is 13.3. The van der Waals surface area contributed by atoms with E-state index < -0.39 is 11.0 Å². The maximum absolute atomic E-state index is 13.1. The van der Waals surface area contributed by atoms with E-state index >= 15 is 0 Å². The van der Waals surface area contributed by atoms with Gasteiger partial charge in [-0.05, 0) is 49.3 Å². The van der Waals surface area contributed by atoms with Gasteiger partial charge in [-0.25, -0.2) is 0 Å². The number of hydrogen-bond acceptors (Lipinski definition) is 4. The smallest absolute Gasteiger partial charge is 0.269 e. The third-order valence-corrected chi connectivity index (χ3v) is 5.07. The summed E-state index contributed by atoms with van der Waals surface area (Å²) < 4.78 is 0. The summed E-state index contributed by atoms with van der Waals surface area (Å²) in [4.78, 5) is 23.7. The zero-order chi connectivity index (χ0) is 20.4. The second-order valence-electron chi connectivity index (χ2n) is 6.29. The highest BCUT2D eigenvalue weighted by Crippen LogP contribution is 2.31. The summed E-state index contributed by atoms with van der Waals surface area (Å²) >= 11 is 11.3. The molecule has 0 spiro atoms. The van der Waals surface area contributed by atoms with Gasteiger partial charge >= 0.3 is 0 Å². The zero-order valence-corrected chi connectivity index (χ0v) is 16.6. The Morgan fingerprint density at radius 1 is 1.25 bits per heavy atom. The van der Waals surface area contributed by atoms with E-state index in [2.05, 4.69) is 16.0 Å². The van der Waals surface area contributed by atoms with Gasteiger partial charge in [-0.3, -0.25) is 14.9 Å². The molecule has 3 rings (SSSR count). The number of nitrogens with zero attached hydrogens (tertiary/aromatic N) is 1. The number of hydrogen-bond donors (Lipinski definition) is 3. The van der Waals surface area contributed by atoms with Crippen molar-refractivity contribution in [3.63, 3.8) is 0 Å². The average molecular weight is 417 g/mol. The van der Waals surface area contributed by atoms with Crippen molar-refractivity contribution < 1.29 is 9.72 Å². The molecule has 0 aromatic heterocycles. The van der Waals surface area contributed by atoms with E-state index in [9.17, 15) is 14.9 Å². The van der Waals surface area contributed by atoms with Gasteiger partial charge in [0.1, 0.15) is 0 Å². The highest BCUT2D eigenvalue weighted by atomic mass is 35.5. The van der Waals surface area contributed by atoms with Crippen LogP contribution < -0.4 is 16.0 Å². The molecule has 0 saturated carbocycles. The Hall–Kier alpha value is -2.97. The number of non-ortho nitro benzene ring substituents is 1. The third kappa shape index (κ3) is 3.97. The van der Waals surface area contributed by atoms with Crippen molar-refractivity contribution in [3.05, 3.63) is 80.0 Å². The van der Waals surface area contributed by atoms with Gasteiger partial charge in [-0.15, -0.1) is 0 Å². The number of halogens is 1. The molecule has 2 aromatic carbocycles. The van der Waals surface area contributed by atoms with E-state index in [-0.39, 0.29) is 11.6 Å². The number of anilines is 1. The minimum Gasteiger partial charge on any atom is -0.351 e. The van der Waals surface area contributed by atoms with Crippen molar-refractivity contribution in [3.8, 4) is 0 Å². The fraction of sp³-hybridized carbons (Fsp3) is 0.158. The maximum atomic E-state index is 13.1. The quantitative estimate of drug-likeness (QED) is 0.396. The average Bonchev–Trinajstić information content (AvgIpc) is 2.64. The Bertz CT molecular complexity index is 1020. The molecule has 0 fully saturated rings. The van der Waals surface area contributed by atoms with E-state index in [1.807, 2.05) is 6.92 Å². The summed E-state index contributed by atoms with van der Waals surface area (Å²) in [5.41, 5.74) is 2.78. The van der Waals surface area contributed by atoms with Crippen LogP contribution in [0.1, 0.15) is 24.1 Å². The second kappa shape index (κ2) is 7.95. The molecule has 1 atom stereocenters. The number of carbonyl (C=O) groups is 1. The standard InChI is InChI=1S/C19H17ClN4O3S/c1-10-14(20)7-4-8-15(10)22-18(25)16-11(2)21-19(28)23-17(16)12-5-3-6-13(9-12)24(26)27/h3-9,17H,1-2H3,(H,22,25)(H2,21,23,28)/t17-/m1/s1. The van der Waals surface area contributed by atoms with Gasteiger partial charge in [0.2, 0.25) is 0 Å². The Kier molecular flexibility index (Phi) is 5.62. The minimum absolute atomic E-state index is 0.0631. The first-order valence-electron chi connectivity index (χ1n) is 8.37. The maximum Gasteiger partial charge on any atom is 0.269 e. The van der Waals surface area contributed by atoms with E-state index in [1.54, 1.807) is 37.3 Å². The number of allylic oxidation sites excluding steroid dienone is 1. The molecule has 0 radical (unpaired) electrons. The highest BCUT2D eigenvalue weighted by molar-refractivity contribution is 7.80. The predicted octanol–water partition coefficient (Wildman–Crippen LogP) is 3.99. The lowest BCUT2D eigenvalue weighted by molar-refractivity contribution is -0.384. The van der Waals surface area contributed by atoms with Gasteiger partial charge in [0, 0.05) is 28.5 Å². The van der Waals surface area contributed by atoms with Crippen molar-refractivity contribution in [2.45, 2.75) is 19.9 Å². The van der Waals surface area contributed by atoms with Crippen LogP contribution in [0.25, 0.3) is 0 Å². The van der Waals surface area contributed by atoms with Gasteiger partial charge in [0.15, 0.2) is 5.11 Å². The molecule has 2 aromatic rings. The molecular weight excluding hydrogens is 400 g/mol. The Labute approximate surface area is 171 Å². The molecule has 1 aliphatic rings. The monoisotopic (exact) mass is 416 g/mol. The van der Waals surface area contributed by atoms with Crippen LogP contribution in [0.5, 0.6) is 0 Å². The molecule has 0 aliphatic carbocycles. The van der Waals surface area contributed by atoms with Crippen LogP contribution in [0, 0.1) is 17.0 Å². The number of nitrogens with one attached hydrogen (secondary N) is 3. The SMILES string of the molecule is CC1=C(C(=O)Nc2cccc(Cl)c2C)[C@@H](c2cccc([N+](=O)[O-])c2)NC(=S)N1. The van der Waals surface area contributed by atoms with Gasteiger partial charge in [0.25, 0.3) is 11.6 Å². The van der Waals surface area contributed by atoms with Crippen LogP contribution in [-0.4, -0.2) is 15.9 Å². The molecule has 28 heavy (non-hydrogen) atoms. The number of amides is 1. The molecular formula is C19H17ClN4O3S. The lowest BCUT2D eigenvalue weighted by Crippen LogP contribution is -2.45. The van der Waals surface area contributed by atoms with Crippen molar-refractivity contribution in [2.75, 3.05) is 5.32 Å². The lowest BCUT2D eigenvalue weighted by atomic mass is 9.94. The van der Waals surface area contributed by atoms with E-state index in [0.29, 0.717) is 32.7 Å². The number of benzene rings is 2. The molecule has 144 valence electrons. The normalized spacial score (nSPS) is 16.2. The van der Waals surface area contributed by atoms with Gasteiger partial charge < -0.3 is 16.0 Å². The Morgan fingerprint density at radius 3 is 2.68 bits per heavy atom. The summed E-state index contributed by atoms with van der Waals surface area (Å²) in [5, 5.41) is 20.8. The number of rotatable bonds is 4. The van der Waals surface area contributed by atoms with E-state index in [4.69, 9.17) is 23.8 Å². The minimum atomic E-state index is -0.631. The second-order valence-corrected chi connectivity index (χ2v) is 7.10.